The molecule has 2 aromatic carbocycles. The van der Waals surface area contributed by atoms with Gasteiger partial charge in [-0.1, -0.05) is 12.1 Å². The van der Waals surface area contributed by atoms with Crippen LogP contribution < -0.4 is 5.73 Å². The Balaban J connectivity index is 1.66. The van der Waals surface area contributed by atoms with Crippen LogP contribution in [-0.2, 0) is 4.74 Å². The maximum Gasteiger partial charge on any atom is 0.261 e. The standard InChI is InChI=1S/C18H19N3O3/c19-13-10-12-2-1-3-14-16(12)15(11-13)18(23)21(17(14)22)5-4-20-6-8-24-9-7-20/h1-3,10-11H,4-9,19H2. The minimum Gasteiger partial charge on any atom is -0.399 e. The summed E-state index contributed by atoms with van der Waals surface area (Å²) in [5, 5.41) is 1.54. The molecule has 2 aliphatic rings. The topological polar surface area (TPSA) is 75.9 Å². The molecule has 2 heterocycles. The zero-order valence-corrected chi connectivity index (χ0v) is 13.3. The Kier molecular flexibility index (Phi) is 3.70. The van der Waals surface area contributed by atoms with Gasteiger partial charge in [0.2, 0.25) is 0 Å². The van der Waals surface area contributed by atoms with Crippen LogP contribution in [-0.4, -0.2) is 61.0 Å². The molecule has 0 spiro atoms. The number of imide groups is 1. The van der Waals surface area contributed by atoms with E-state index in [0.717, 1.165) is 18.5 Å². The number of benzene rings is 2. The molecule has 2 aliphatic heterocycles. The number of carbonyl (C=O) groups excluding carboxylic acids is 2. The average molecular weight is 325 g/mol. The first-order chi connectivity index (χ1) is 11.6. The number of rotatable bonds is 3. The number of nitrogen functional groups attached to an aromatic ring is 1. The second-order valence-electron chi connectivity index (χ2n) is 6.19. The third-order valence-corrected chi connectivity index (χ3v) is 4.69. The molecule has 1 fully saturated rings. The molecule has 4 rings (SSSR count). The highest BCUT2D eigenvalue weighted by molar-refractivity contribution is 6.25. The van der Waals surface area contributed by atoms with Gasteiger partial charge in [0.15, 0.2) is 0 Å². The molecule has 124 valence electrons. The molecule has 2 N–H and O–H groups in total. The fourth-order valence-corrected chi connectivity index (χ4v) is 3.45. The Hall–Kier alpha value is -2.44. The van der Waals surface area contributed by atoms with Crippen molar-refractivity contribution in [3.05, 3.63) is 41.5 Å². The van der Waals surface area contributed by atoms with Crippen LogP contribution in [0.2, 0.25) is 0 Å². The number of nitrogens with two attached hydrogens (primary N) is 1. The number of morpholine rings is 1. The van der Waals surface area contributed by atoms with Gasteiger partial charge in [-0.3, -0.25) is 19.4 Å². The van der Waals surface area contributed by atoms with Crippen LogP contribution >= 0.6 is 0 Å². The summed E-state index contributed by atoms with van der Waals surface area (Å²) >= 11 is 0. The van der Waals surface area contributed by atoms with E-state index >= 15 is 0 Å². The summed E-state index contributed by atoms with van der Waals surface area (Å²) in [6.45, 7) is 4.09. The first kappa shape index (κ1) is 15.1. The third kappa shape index (κ3) is 2.44. The molecule has 0 saturated carbocycles. The van der Waals surface area contributed by atoms with Gasteiger partial charge < -0.3 is 10.5 Å². The molecule has 0 unspecified atom stereocenters. The van der Waals surface area contributed by atoms with Crippen LogP contribution in [0.5, 0.6) is 0 Å². The van der Waals surface area contributed by atoms with Crippen molar-refractivity contribution in [3.8, 4) is 0 Å². The highest BCUT2D eigenvalue weighted by Gasteiger charge is 2.33. The van der Waals surface area contributed by atoms with E-state index in [1.807, 2.05) is 12.1 Å². The largest absolute Gasteiger partial charge is 0.399 e. The SMILES string of the molecule is Nc1cc2c3c(cccc3c1)C(=O)N(CCN1CCOCC1)C2=O. The number of anilines is 1. The van der Waals surface area contributed by atoms with E-state index in [-0.39, 0.29) is 11.8 Å². The van der Waals surface area contributed by atoms with Crippen molar-refractivity contribution in [2.75, 3.05) is 45.1 Å². The second-order valence-corrected chi connectivity index (χ2v) is 6.19. The van der Waals surface area contributed by atoms with Gasteiger partial charge in [-0.2, -0.15) is 0 Å². The number of ether oxygens (including phenoxy) is 1. The normalized spacial score (nSPS) is 18.4. The molecule has 0 aliphatic carbocycles. The van der Waals surface area contributed by atoms with E-state index in [9.17, 15) is 9.59 Å². The van der Waals surface area contributed by atoms with Crippen LogP contribution in [0.3, 0.4) is 0 Å². The number of hydrogen-bond acceptors (Lipinski definition) is 5. The molecule has 1 saturated heterocycles. The van der Waals surface area contributed by atoms with Gasteiger partial charge in [0, 0.05) is 42.8 Å². The van der Waals surface area contributed by atoms with Gasteiger partial charge in [-0.05, 0) is 23.6 Å². The van der Waals surface area contributed by atoms with Gasteiger partial charge in [0.25, 0.3) is 11.8 Å². The van der Waals surface area contributed by atoms with Gasteiger partial charge in [-0.15, -0.1) is 0 Å². The Morgan fingerprint density at radius 1 is 1.00 bits per heavy atom. The first-order valence-electron chi connectivity index (χ1n) is 8.14. The van der Waals surface area contributed by atoms with Crippen LogP contribution in [0.4, 0.5) is 5.69 Å². The van der Waals surface area contributed by atoms with Gasteiger partial charge in [0.05, 0.1) is 18.8 Å². The van der Waals surface area contributed by atoms with E-state index in [0.29, 0.717) is 48.5 Å². The van der Waals surface area contributed by atoms with Gasteiger partial charge in [0.1, 0.15) is 0 Å². The van der Waals surface area contributed by atoms with Gasteiger partial charge in [-0.25, -0.2) is 0 Å². The maximum absolute atomic E-state index is 12.8. The fraction of sp³-hybridized carbons (Fsp3) is 0.333. The Morgan fingerprint density at radius 2 is 1.75 bits per heavy atom. The van der Waals surface area contributed by atoms with Crippen LogP contribution in [0.1, 0.15) is 20.7 Å². The molecule has 0 bridgehead atoms. The van der Waals surface area contributed by atoms with E-state index in [4.69, 9.17) is 10.5 Å². The van der Waals surface area contributed by atoms with Crippen molar-refractivity contribution in [3.63, 3.8) is 0 Å². The van der Waals surface area contributed by atoms with Crippen molar-refractivity contribution < 1.29 is 14.3 Å². The lowest BCUT2D eigenvalue weighted by Gasteiger charge is -2.31. The zero-order chi connectivity index (χ0) is 16.7. The first-order valence-corrected chi connectivity index (χ1v) is 8.14. The highest BCUT2D eigenvalue weighted by atomic mass is 16.5. The molecule has 0 atom stereocenters. The quantitative estimate of drug-likeness (QED) is 0.681. The number of hydrogen-bond donors (Lipinski definition) is 1. The highest BCUT2D eigenvalue weighted by Crippen LogP contribution is 2.31. The fourth-order valence-electron chi connectivity index (χ4n) is 3.45. The number of carbonyl (C=O) groups is 2. The number of amides is 2. The van der Waals surface area contributed by atoms with Crippen molar-refractivity contribution in [1.29, 1.82) is 0 Å². The average Bonchev–Trinajstić information content (AvgIpc) is 2.60. The monoisotopic (exact) mass is 325 g/mol. The van der Waals surface area contributed by atoms with E-state index in [1.54, 1.807) is 18.2 Å². The third-order valence-electron chi connectivity index (χ3n) is 4.69. The van der Waals surface area contributed by atoms with Crippen molar-refractivity contribution in [2.24, 2.45) is 0 Å². The second kappa shape index (κ2) is 5.89. The summed E-state index contributed by atoms with van der Waals surface area (Å²) in [5.41, 5.74) is 7.55. The minimum absolute atomic E-state index is 0.226. The smallest absolute Gasteiger partial charge is 0.261 e. The lowest BCUT2D eigenvalue weighted by Crippen LogP contribution is -2.46. The van der Waals surface area contributed by atoms with E-state index in [1.165, 1.54) is 4.90 Å². The summed E-state index contributed by atoms with van der Waals surface area (Å²) in [5.74, 6) is -0.486. The Morgan fingerprint density at radius 3 is 2.54 bits per heavy atom. The van der Waals surface area contributed by atoms with Crippen molar-refractivity contribution in [1.82, 2.24) is 9.80 Å². The van der Waals surface area contributed by atoms with Crippen LogP contribution in [0, 0.1) is 0 Å². The summed E-state index contributed by atoms with van der Waals surface area (Å²) in [6.07, 6.45) is 0. The van der Waals surface area contributed by atoms with E-state index < -0.39 is 0 Å². The van der Waals surface area contributed by atoms with Crippen LogP contribution in [0.25, 0.3) is 10.8 Å². The molecular weight excluding hydrogens is 306 g/mol. The summed E-state index contributed by atoms with van der Waals surface area (Å²) in [4.78, 5) is 29.2. The molecule has 6 nitrogen and oxygen atoms in total. The summed E-state index contributed by atoms with van der Waals surface area (Å²) < 4.78 is 5.33. The number of nitrogens with zero attached hydrogens (tertiary/aromatic N) is 2. The summed E-state index contributed by atoms with van der Waals surface area (Å²) in [7, 11) is 0. The molecule has 2 aromatic rings. The van der Waals surface area contributed by atoms with E-state index in [2.05, 4.69) is 4.90 Å². The molecular formula is C18H19N3O3. The lowest BCUT2D eigenvalue weighted by atomic mass is 9.93. The molecule has 2 amide bonds. The van der Waals surface area contributed by atoms with Crippen molar-refractivity contribution >= 4 is 28.3 Å². The van der Waals surface area contributed by atoms with Crippen LogP contribution in [0.15, 0.2) is 30.3 Å². The predicted octanol–water partition coefficient (Wildman–Crippen LogP) is 1.35. The zero-order valence-electron chi connectivity index (χ0n) is 13.3. The molecule has 0 aromatic heterocycles. The lowest BCUT2D eigenvalue weighted by molar-refractivity contribution is 0.0316. The molecule has 6 heteroatoms. The molecule has 24 heavy (non-hydrogen) atoms. The minimum atomic E-state index is -0.260. The Labute approximate surface area is 139 Å². The summed E-state index contributed by atoms with van der Waals surface area (Å²) in [6, 6.07) is 8.95. The maximum atomic E-state index is 12.8. The van der Waals surface area contributed by atoms with Crippen molar-refractivity contribution in [2.45, 2.75) is 0 Å². The van der Waals surface area contributed by atoms with Gasteiger partial charge >= 0.3 is 0 Å². The molecule has 0 radical (unpaired) electrons. The Bertz CT molecular complexity index is 828. The predicted molar refractivity (Wildman–Crippen MR) is 91.0 cm³/mol.